The van der Waals surface area contributed by atoms with Gasteiger partial charge in [0, 0.05) is 57.2 Å². The normalized spacial score (nSPS) is 20.8. The van der Waals surface area contributed by atoms with Crippen LogP contribution < -0.4 is 10.1 Å². The minimum Gasteiger partial charge on any atom is -0.490 e. The van der Waals surface area contributed by atoms with E-state index in [1.807, 2.05) is 19.9 Å². The number of imidazole rings is 1. The smallest absolute Gasteiger partial charge is 0.261 e. The van der Waals surface area contributed by atoms with E-state index in [1.54, 1.807) is 65.9 Å². The van der Waals surface area contributed by atoms with Crippen molar-refractivity contribution in [3.63, 3.8) is 0 Å². The number of aliphatic hydroxyl groups is 1. The maximum Gasteiger partial charge on any atom is 0.261 e. The van der Waals surface area contributed by atoms with E-state index in [2.05, 4.69) is 10.3 Å². The number of nitrogens with zero attached hydrogens (tertiary/aromatic N) is 4. The fourth-order valence-electron chi connectivity index (χ4n) is 5.29. The number of likely N-dealkylation sites (N-methyl/N-ethyl adjacent to an activating group) is 1. The number of aromatic nitrogens is 2. The van der Waals surface area contributed by atoms with Gasteiger partial charge in [0.05, 0.1) is 36.7 Å². The number of aryl methyl sites for hydroxylation is 1. The summed E-state index contributed by atoms with van der Waals surface area (Å²) in [7, 11) is -0.687. The highest BCUT2D eigenvalue weighted by Crippen LogP contribution is 2.29. The van der Waals surface area contributed by atoms with Gasteiger partial charge in [0.2, 0.25) is 0 Å². The number of rotatable bonds is 8. The van der Waals surface area contributed by atoms with Crippen LogP contribution in [0.25, 0.3) is 0 Å². The third-order valence-electron chi connectivity index (χ3n) is 8.14. The Labute approximate surface area is 271 Å². The molecular weight excluding hydrogens is 610 g/mol. The van der Waals surface area contributed by atoms with Crippen molar-refractivity contribution >= 4 is 27.5 Å². The SMILES string of the molecule is C[C@@H]1CCCCO[C@H](CN(C)S(=O)(=O)c2cn(C)cn2)[C@@H](C)CN([C@@H](C)CO)C(=O)c2cc(NC(=O)c3ccccc3)ccc2O1. The number of carbonyl (C=O) groups is 2. The first kappa shape index (κ1) is 35.1. The van der Waals surface area contributed by atoms with Crippen LogP contribution in [0.5, 0.6) is 5.75 Å². The number of hydrogen-bond donors (Lipinski definition) is 2. The van der Waals surface area contributed by atoms with Crippen LogP contribution in [0.3, 0.4) is 0 Å². The summed E-state index contributed by atoms with van der Waals surface area (Å²) in [5, 5.41) is 13.0. The van der Waals surface area contributed by atoms with Crippen LogP contribution in [0.4, 0.5) is 5.69 Å². The molecule has 250 valence electrons. The van der Waals surface area contributed by atoms with Gasteiger partial charge in [-0.25, -0.2) is 13.4 Å². The summed E-state index contributed by atoms with van der Waals surface area (Å²) in [6.07, 6.45) is 4.35. The number of carbonyl (C=O) groups excluding carboxylic acids is 2. The Morgan fingerprint density at radius 3 is 2.59 bits per heavy atom. The second-order valence-electron chi connectivity index (χ2n) is 12.0. The van der Waals surface area contributed by atoms with Gasteiger partial charge in [-0.3, -0.25) is 9.59 Å². The van der Waals surface area contributed by atoms with Crippen LogP contribution in [0, 0.1) is 5.92 Å². The molecule has 4 rings (SSSR count). The molecule has 0 radical (unpaired) electrons. The molecule has 2 amide bonds. The van der Waals surface area contributed by atoms with E-state index in [9.17, 15) is 23.1 Å². The topological polar surface area (TPSA) is 143 Å². The molecule has 0 spiro atoms. The number of anilines is 1. The molecule has 1 aliphatic heterocycles. The molecule has 0 bridgehead atoms. The molecule has 13 heteroatoms. The van der Waals surface area contributed by atoms with Crippen LogP contribution in [0.2, 0.25) is 0 Å². The highest BCUT2D eigenvalue weighted by atomic mass is 32.2. The molecule has 0 unspecified atom stereocenters. The molecule has 3 aromatic rings. The van der Waals surface area contributed by atoms with Crippen molar-refractivity contribution in [2.75, 3.05) is 38.7 Å². The van der Waals surface area contributed by atoms with E-state index in [-0.39, 0.29) is 48.2 Å². The minimum absolute atomic E-state index is 0.0430. The first-order valence-electron chi connectivity index (χ1n) is 15.6. The number of amides is 2. The lowest BCUT2D eigenvalue weighted by Gasteiger charge is -2.35. The monoisotopic (exact) mass is 655 g/mol. The molecule has 2 aromatic carbocycles. The van der Waals surface area contributed by atoms with E-state index in [0.29, 0.717) is 30.0 Å². The number of hydrogen-bond acceptors (Lipinski definition) is 8. The third-order valence-corrected chi connectivity index (χ3v) is 9.85. The Bertz CT molecular complexity index is 1580. The van der Waals surface area contributed by atoms with Crippen molar-refractivity contribution in [1.82, 2.24) is 18.8 Å². The van der Waals surface area contributed by atoms with Crippen molar-refractivity contribution < 1.29 is 32.6 Å². The maximum atomic E-state index is 14.3. The number of nitrogens with one attached hydrogen (secondary N) is 1. The Hall–Kier alpha value is -3.78. The van der Waals surface area contributed by atoms with Crippen molar-refractivity contribution in [2.24, 2.45) is 13.0 Å². The molecule has 1 aromatic heterocycles. The Kier molecular flexibility index (Phi) is 12.0. The average Bonchev–Trinajstić information content (AvgIpc) is 3.49. The van der Waals surface area contributed by atoms with Gasteiger partial charge in [-0.2, -0.15) is 4.31 Å². The van der Waals surface area contributed by atoms with Crippen LogP contribution in [0.15, 0.2) is 66.1 Å². The fourth-order valence-corrected chi connectivity index (χ4v) is 6.43. The number of ether oxygens (including phenoxy) is 2. The zero-order valence-electron chi connectivity index (χ0n) is 27.1. The minimum atomic E-state index is -3.88. The molecule has 0 fully saturated rings. The molecule has 4 atom stereocenters. The van der Waals surface area contributed by atoms with Crippen LogP contribution in [0.1, 0.15) is 60.7 Å². The highest BCUT2D eigenvalue weighted by Gasteiger charge is 2.33. The van der Waals surface area contributed by atoms with E-state index >= 15 is 0 Å². The van der Waals surface area contributed by atoms with Crippen LogP contribution in [-0.4, -0.2) is 95.7 Å². The number of aliphatic hydroxyl groups excluding tert-OH is 1. The van der Waals surface area contributed by atoms with Crippen molar-refractivity contribution in [3.8, 4) is 5.75 Å². The lowest BCUT2D eigenvalue weighted by Crippen LogP contribution is -2.48. The predicted octanol–water partition coefficient (Wildman–Crippen LogP) is 3.79. The fraction of sp³-hybridized carbons (Fsp3) is 0.485. The molecule has 2 N–H and O–H groups in total. The van der Waals surface area contributed by atoms with Gasteiger partial charge in [0.25, 0.3) is 21.8 Å². The van der Waals surface area contributed by atoms with E-state index in [4.69, 9.17) is 9.47 Å². The zero-order chi connectivity index (χ0) is 33.4. The predicted molar refractivity (Wildman–Crippen MR) is 174 cm³/mol. The van der Waals surface area contributed by atoms with Gasteiger partial charge in [-0.15, -0.1) is 0 Å². The van der Waals surface area contributed by atoms with Gasteiger partial charge in [-0.05, 0) is 63.4 Å². The van der Waals surface area contributed by atoms with Gasteiger partial charge < -0.3 is 29.4 Å². The molecule has 2 heterocycles. The quantitative estimate of drug-likeness (QED) is 0.373. The standard InChI is InChI=1S/C33H45N5O7S/c1-23-18-38(24(2)21-39)33(41)28-17-27(35-32(40)26-12-7-6-8-13-26)14-15-29(28)45-25(3)11-9-10-16-44-30(23)19-37(5)46(42,43)31-20-36(4)22-34-31/h6-8,12-15,17,20,22-25,30,39H,9-11,16,18-19,21H2,1-5H3,(H,35,40)/t23-,24-,25+,30+/m0/s1. The third kappa shape index (κ3) is 8.72. The summed E-state index contributed by atoms with van der Waals surface area (Å²) in [6, 6.07) is 13.2. The van der Waals surface area contributed by atoms with Crippen LogP contribution in [-0.2, 0) is 21.8 Å². The molecule has 0 aliphatic carbocycles. The number of sulfonamides is 1. The summed E-state index contributed by atoms with van der Waals surface area (Å²) in [5.74, 6) is -0.658. The molecular formula is C33H45N5O7S. The van der Waals surface area contributed by atoms with Crippen molar-refractivity contribution in [2.45, 2.75) is 63.3 Å². The molecule has 12 nitrogen and oxygen atoms in total. The first-order valence-corrected chi connectivity index (χ1v) is 17.0. The summed E-state index contributed by atoms with van der Waals surface area (Å²) < 4.78 is 41.9. The summed E-state index contributed by atoms with van der Waals surface area (Å²) in [5.41, 5.74) is 1.14. The van der Waals surface area contributed by atoms with Crippen LogP contribution >= 0.6 is 0 Å². The van der Waals surface area contributed by atoms with Gasteiger partial charge in [0.15, 0.2) is 5.03 Å². The van der Waals surface area contributed by atoms with Crippen molar-refractivity contribution in [1.29, 1.82) is 0 Å². The average molecular weight is 656 g/mol. The Morgan fingerprint density at radius 1 is 1.17 bits per heavy atom. The lowest BCUT2D eigenvalue weighted by molar-refractivity contribution is -0.00835. The number of fused-ring (bicyclic) bond motifs is 1. The van der Waals surface area contributed by atoms with Gasteiger partial charge in [0.1, 0.15) is 5.75 Å². The first-order chi connectivity index (χ1) is 21.9. The summed E-state index contributed by atoms with van der Waals surface area (Å²) in [4.78, 5) is 32.8. The Morgan fingerprint density at radius 2 is 1.91 bits per heavy atom. The molecule has 46 heavy (non-hydrogen) atoms. The molecule has 1 aliphatic rings. The summed E-state index contributed by atoms with van der Waals surface area (Å²) in [6.45, 7) is 5.89. The lowest BCUT2D eigenvalue weighted by atomic mass is 10.0. The summed E-state index contributed by atoms with van der Waals surface area (Å²) >= 11 is 0. The van der Waals surface area contributed by atoms with Crippen molar-refractivity contribution in [3.05, 3.63) is 72.2 Å². The van der Waals surface area contributed by atoms with Gasteiger partial charge in [-0.1, -0.05) is 25.1 Å². The Balaban J connectivity index is 1.65. The molecule has 0 saturated carbocycles. The largest absolute Gasteiger partial charge is 0.490 e. The molecule has 0 saturated heterocycles. The van der Waals surface area contributed by atoms with E-state index in [1.165, 1.54) is 23.9 Å². The highest BCUT2D eigenvalue weighted by molar-refractivity contribution is 7.89. The maximum absolute atomic E-state index is 14.3. The number of benzene rings is 2. The second kappa shape index (κ2) is 15.7. The van der Waals surface area contributed by atoms with Gasteiger partial charge >= 0.3 is 0 Å². The second-order valence-corrected chi connectivity index (χ2v) is 14.0. The van der Waals surface area contributed by atoms with E-state index in [0.717, 1.165) is 12.8 Å². The zero-order valence-corrected chi connectivity index (χ0v) is 27.9. The van der Waals surface area contributed by atoms with E-state index < -0.39 is 28.1 Å².